The number of thiazole rings is 1. The van der Waals surface area contributed by atoms with Gasteiger partial charge in [-0.2, -0.15) is 0 Å². The van der Waals surface area contributed by atoms with E-state index >= 15 is 0 Å². The summed E-state index contributed by atoms with van der Waals surface area (Å²) in [6.07, 6.45) is 1.49. The third-order valence-electron chi connectivity index (χ3n) is 7.78. The van der Waals surface area contributed by atoms with Crippen LogP contribution in [0.4, 0.5) is 0 Å². The molecule has 0 saturated carbocycles. The van der Waals surface area contributed by atoms with E-state index in [9.17, 15) is 14.4 Å². The summed E-state index contributed by atoms with van der Waals surface area (Å²) in [6, 6.07) is 12.2. The van der Waals surface area contributed by atoms with Gasteiger partial charge in [-0.15, -0.1) is 0 Å². The van der Waals surface area contributed by atoms with Crippen molar-refractivity contribution in [1.29, 1.82) is 0 Å². The highest BCUT2D eigenvalue weighted by Crippen LogP contribution is 2.37. The normalized spacial score (nSPS) is 14.8. The number of carbonyl (C=O) groups is 2. The van der Waals surface area contributed by atoms with Crippen molar-refractivity contribution >= 4 is 45.3 Å². The predicted molar refractivity (Wildman–Crippen MR) is 177 cm³/mol. The number of aromatic nitrogens is 2. The zero-order valence-corrected chi connectivity index (χ0v) is 28.8. The second-order valence-corrected chi connectivity index (χ2v) is 13.0. The van der Waals surface area contributed by atoms with E-state index in [0.29, 0.717) is 31.9 Å². The number of carbonyl (C=O) groups excluding carboxylic acids is 2. The van der Waals surface area contributed by atoms with Crippen molar-refractivity contribution in [2.45, 2.75) is 53.7 Å². The van der Waals surface area contributed by atoms with Crippen molar-refractivity contribution in [3.8, 4) is 11.4 Å². The van der Waals surface area contributed by atoms with Crippen molar-refractivity contribution in [1.82, 2.24) is 9.13 Å². The fourth-order valence-corrected chi connectivity index (χ4v) is 7.13. The van der Waals surface area contributed by atoms with Gasteiger partial charge in [-0.1, -0.05) is 33.3 Å². The predicted octanol–water partition coefficient (Wildman–Crippen LogP) is 5.46. The van der Waals surface area contributed by atoms with Crippen LogP contribution in [-0.2, 0) is 14.3 Å². The molecule has 2 aromatic carbocycles. The molecule has 1 atom stereocenters. The van der Waals surface area contributed by atoms with Gasteiger partial charge in [-0.3, -0.25) is 9.36 Å². The number of allylic oxidation sites excluding steroid dienone is 1. The summed E-state index contributed by atoms with van der Waals surface area (Å²) in [4.78, 5) is 45.3. The Bertz CT molecular complexity index is 2070. The first-order chi connectivity index (χ1) is 21.4. The van der Waals surface area contributed by atoms with Crippen LogP contribution in [0.15, 0.2) is 68.0 Å². The van der Waals surface area contributed by atoms with Crippen LogP contribution in [0.5, 0.6) is 5.75 Å². The molecule has 45 heavy (non-hydrogen) atoms. The number of hydrogen-bond acceptors (Lipinski definition) is 8. The van der Waals surface area contributed by atoms with E-state index in [0.717, 1.165) is 32.7 Å². The molecule has 9 nitrogen and oxygen atoms in total. The molecule has 0 N–H and O–H groups in total. The maximum Gasteiger partial charge on any atom is 0.338 e. The number of methoxy groups -OCH3 is 2. The van der Waals surface area contributed by atoms with Crippen molar-refractivity contribution in [2.75, 3.05) is 14.2 Å². The summed E-state index contributed by atoms with van der Waals surface area (Å²) < 4.78 is 21.1. The smallest absolute Gasteiger partial charge is 0.338 e. The number of esters is 2. The highest BCUT2D eigenvalue weighted by Gasteiger charge is 2.35. The van der Waals surface area contributed by atoms with Crippen molar-refractivity contribution in [3.05, 3.63) is 112 Å². The molecular formula is C34H34BrN3O6S. The highest BCUT2D eigenvalue weighted by atomic mass is 79.9. The summed E-state index contributed by atoms with van der Waals surface area (Å²) in [7, 11) is 2.92. The molecule has 3 heterocycles. The zero-order valence-electron chi connectivity index (χ0n) is 26.4. The number of aryl methyl sites for hydroxylation is 1. The zero-order chi connectivity index (χ0) is 32.7. The molecule has 4 aromatic rings. The Morgan fingerprint density at radius 3 is 2.44 bits per heavy atom. The molecule has 0 aliphatic carbocycles. The number of hydrogen-bond donors (Lipinski definition) is 0. The number of nitrogens with zero attached hydrogens (tertiary/aromatic N) is 3. The lowest BCUT2D eigenvalue weighted by atomic mass is 9.95. The molecule has 0 fully saturated rings. The van der Waals surface area contributed by atoms with Crippen LogP contribution < -0.4 is 19.6 Å². The van der Waals surface area contributed by atoms with Gasteiger partial charge in [0.25, 0.3) is 5.56 Å². The second-order valence-electron chi connectivity index (χ2n) is 11.0. The topological polar surface area (TPSA) is 101 Å². The average Bonchev–Trinajstić information content (AvgIpc) is 3.44. The lowest BCUT2D eigenvalue weighted by molar-refractivity contribution is -0.143. The van der Waals surface area contributed by atoms with E-state index < -0.39 is 18.0 Å². The summed E-state index contributed by atoms with van der Waals surface area (Å²) in [5.41, 5.74) is 5.88. The van der Waals surface area contributed by atoms with E-state index in [2.05, 4.69) is 20.5 Å². The Morgan fingerprint density at radius 2 is 1.78 bits per heavy atom. The van der Waals surface area contributed by atoms with E-state index in [-0.39, 0.29) is 17.2 Å². The summed E-state index contributed by atoms with van der Waals surface area (Å²) >= 11 is 4.80. The molecule has 0 unspecified atom stereocenters. The van der Waals surface area contributed by atoms with Gasteiger partial charge < -0.3 is 18.8 Å². The first-order valence-electron chi connectivity index (χ1n) is 14.3. The average molecular weight is 693 g/mol. The monoisotopic (exact) mass is 691 g/mol. The minimum absolute atomic E-state index is 0.276. The van der Waals surface area contributed by atoms with Gasteiger partial charge in [-0.05, 0) is 95.1 Å². The Balaban J connectivity index is 1.72. The fourth-order valence-electron chi connectivity index (χ4n) is 5.72. The first-order valence-corrected chi connectivity index (χ1v) is 15.9. The van der Waals surface area contributed by atoms with E-state index in [4.69, 9.17) is 19.2 Å². The van der Waals surface area contributed by atoms with E-state index in [1.54, 1.807) is 44.6 Å². The minimum atomic E-state index is -0.821. The fraction of sp³-hybridized carbons (Fsp3) is 0.294. The van der Waals surface area contributed by atoms with Crippen LogP contribution in [0.2, 0.25) is 0 Å². The van der Waals surface area contributed by atoms with Gasteiger partial charge in [0.1, 0.15) is 11.8 Å². The standard InChI is InChI=1S/C34H34BrN3O6S/c1-17(2)44-33(41)29-20(5)36-34-38(30(29)25-16-23(35)12-13-27(25)42-7)31(39)28(45-34)15-22-14-18(3)37(21(22)6)26-11-9-10-24(19(26)4)32(40)43-8/h9-17,30H,1-8H3/b28-15-/t30-/m0/s1. The molecule has 0 radical (unpaired) electrons. The Hall–Kier alpha value is -4.22. The Labute approximate surface area is 273 Å². The lowest BCUT2D eigenvalue weighted by Gasteiger charge is -2.26. The van der Waals surface area contributed by atoms with Gasteiger partial charge in [-0.25, -0.2) is 14.6 Å². The lowest BCUT2D eigenvalue weighted by Crippen LogP contribution is -2.40. The first kappa shape index (κ1) is 32.2. The highest BCUT2D eigenvalue weighted by molar-refractivity contribution is 9.10. The third-order valence-corrected chi connectivity index (χ3v) is 9.26. The van der Waals surface area contributed by atoms with Gasteiger partial charge >= 0.3 is 11.9 Å². The molecule has 1 aliphatic heterocycles. The van der Waals surface area contributed by atoms with Crippen molar-refractivity contribution < 1.29 is 23.8 Å². The van der Waals surface area contributed by atoms with Gasteiger partial charge in [0.05, 0.1) is 41.7 Å². The quantitative estimate of drug-likeness (QED) is 0.239. The second kappa shape index (κ2) is 12.6. The number of fused-ring (bicyclic) bond motifs is 1. The Morgan fingerprint density at radius 1 is 1.04 bits per heavy atom. The van der Waals surface area contributed by atoms with Crippen LogP contribution in [0.1, 0.15) is 65.2 Å². The maximum absolute atomic E-state index is 14.3. The van der Waals surface area contributed by atoms with Crippen LogP contribution >= 0.6 is 27.3 Å². The van der Waals surface area contributed by atoms with Crippen molar-refractivity contribution in [3.63, 3.8) is 0 Å². The SMILES string of the molecule is COC(=O)c1cccc(-n2c(C)cc(/C=c3\sc4n(c3=O)[C@@H](c3cc(Br)ccc3OC)C(C(=O)OC(C)C)=C(C)N=4)c2C)c1C. The van der Waals surface area contributed by atoms with Crippen LogP contribution in [0, 0.1) is 20.8 Å². The molecule has 5 rings (SSSR count). The van der Waals surface area contributed by atoms with Crippen LogP contribution in [0.25, 0.3) is 11.8 Å². The largest absolute Gasteiger partial charge is 0.496 e. The minimum Gasteiger partial charge on any atom is -0.496 e. The van der Waals surface area contributed by atoms with Gasteiger partial charge in [0.15, 0.2) is 4.80 Å². The number of benzene rings is 2. The Kier molecular flexibility index (Phi) is 9.04. The molecule has 0 saturated heterocycles. The number of rotatable bonds is 7. The molecule has 1 aliphatic rings. The molecule has 0 spiro atoms. The van der Waals surface area contributed by atoms with E-state index in [1.807, 2.05) is 57.2 Å². The molecule has 2 aromatic heterocycles. The molecular weight excluding hydrogens is 658 g/mol. The maximum atomic E-state index is 14.3. The van der Waals surface area contributed by atoms with Gasteiger partial charge in [0, 0.05) is 27.1 Å². The number of halogens is 1. The van der Waals surface area contributed by atoms with Crippen molar-refractivity contribution in [2.24, 2.45) is 4.99 Å². The number of ether oxygens (including phenoxy) is 3. The molecule has 0 bridgehead atoms. The van der Waals surface area contributed by atoms with E-state index in [1.165, 1.54) is 18.4 Å². The van der Waals surface area contributed by atoms with Crippen LogP contribution in [0.3, 0.4) is 0 Å². The molecule has 234 valence electrons. The summed E-state index contributed by atoms with van der Waals surface area (Å²) in [5.74, 6) is -0.419. The van der Waals surface area contributed by atoms with Gasteiger partial charge in [0.2, 0.25) is 0 Å². The van der Waals surface area contributed by atoms with Crippen LogP contribution in [-0.4, -0.2) is 41.4 Å². The summed E-state index contributed by atoms with van der Waals surface area (Å²) in [6.45, 7) is 11.1. The molecule has 11 heteroatoms. The third kappa shape index (κ3) is 5.82. The molecule has 0 amide bonds. The summed E-state index contributed by atoms with van der Waals surface area (Å²) in [5, 5.41) is 0.